The summed E-state index contributed by atoms with van der Waals surface area (Å²) in [5.74, 6) is -1.46. The Bertz CT molecular complexity index is 934. The number of rotatable bonds is 3. The van der Waals surface area contributed by atoms with Crippen molar-refractivity contribution in [2.45, 2.75) is 31.8 Å². The third kappa shape index (κ3) is 3.12. The van der Waals surface area contributed by atoms with Gasteiger partial charge in [-0.05, 0) is 49.2 Å². The number of H-pyrrole nitrogens is 1. The molecule has 26 heavy (non-hydrogen) atoms. The Labute approximate surface area is 149 Å². The van der Waals surface area contributed by atoms with Gasteiger partial charge in [0.15, 0.2) is 0 Å². The summed E-state index contributed by atoms with van der Waals surface area (Å²) in [4.78, 5) is 0. The highest BCUT2D eigenvalue weighted by atomic mass is 19.1. The van der Waals surface area contributed by atoms with Gasteiger partial charge in [-0.1, -0.05) is 6.07 Å². The molecule has 1 aliphatic rings. The largest absolute Gasteiger partial charge is 0.307 e. The number of aromatic nitrogens is 2. The van der Waals surface area contributed by atoms with E-state index in [-0.39, 0.29) is 17.9 Å². The van der Waals surface area contributed by atoms with Crippen molar-refractivity contribution in [1.29, 1.82) is 0 Å². The lowest BCUT2D eigenvalue weighted by molar-refractivity contribution is 0.414. The van der Waals surface area contributed by atoms with Gasteiger partial charge in [0, 0.05) is 41.4 Å². The van der Waals surface area contributed by atoms with Crippen molar-refractivity contribution in [3.8, 4) is 11.3 Å². The van der Waals surface area contributed by atoms with Crippen molar-refractivity contribution in [2.24, 2.45) is 0 Å². The van der Waals surface area contributed by atoms with Crippen molar-refractivity contribution < 1.29 is 13.2 Å². The van der Waals surface area contributed by atoms with Crippen LogP contribution >= 0.6 is 0 Å². The fourth-order valence-corrected chi connectivity index (χ4v) is 3.61. The quantitative estimate of drug-likeness (QED) is 0.733. The lowest BCUT2D eigenvalue weighted by Crippen LogP contribution is -2.38. The molecule has 2 unspecified atom stereocenters. The minimum absolute atomic E-state index is 0.174. The van der Waals surface area contributed by atoms with Crippen LogP contribution in [0.1, 0.15) is 29.8 Å². The summed E-state index contributed by atoms with van der Waals surface area (Å²) in [6, 6.07) is 9.81. The number of halogens is 3. The highest BCUT2D eigenvalue weighted by Crippen LogP contribution is 2.35. The average molecular weight is 357 g/mol. The standard InChI is InChI=1S/C20H18F3N3/c1-11-8-18-19(20(26-25-18)12-2-5-14(21)6-3-12)17(24-11)9-13-4-7-15(22)10-16(13)23/h2-7,10-11,17,24H,8-9H2,1H3,(H,25,26). The summed E-state index contributed by atoms with van der Waals surface area (Å²) < 4.78 is 40.6. The average Bonchev–Trinajstić information content (AvgIpc) is 3.02. The second-order valence-corrected chi connectivity index (χ2v) is 6.74. The van der Waals surface area contributed by atoms with E-state index in [4.69, 9.17) is 0 Å². The summed E-state index contributed by atoms with van der Waals surface area (Å²) in [6.45, 7) is 2.05. The number of benzene rings is 2. The molecule has 0 saturated carbocycles. The smallest absolute Gasteiger partial charge is 0.129 e. The molecule has 134 valence electrons. The second-order valence-electron chi connectivity index (χ2n) is 6.74. The van der Waals surface area contributed by atoms with E-state index >= 15 is 0 Å². The Hall–Kier alpha value is -2.60. The van der Waals surface area contributed by atoms with Crippen LogP contribution in [-0.2, 0) is 12.8 Å². The predicted molar refractivity (Wildman–Crippen MR) is 93.1 cm³/mol. The number of nitrogens with zero attached hydrogens (tertiary/aromatic N) is 1. The maximum absolute atomic E-state index is 14.1. The van der Waals surface area contributed by atoms with Gasteiger partial charge < -0.3 is 5.32 Å². The van der Waals surface area contributed by atoms with Crippen molar-refractivity contribution in [3.63, 3.8) is 0 Å². The highest BCUT2D eigenvalue weighted by molar-refractivity contribution is 5.65. The molecule has 0 radical (unpaired) electrons. The topological polar surface area (TPSA) is 40.7 Å². The van der Waals surface area contributed by atoms with E-state index in [2.05, 4.69) is 22.4 Å². The van der Waals surface area contributed by atoms with Crippen LogP contribution in [-0.4, -0.2) is 16.2 Å². The summed E-state index contributed by atoms with van der Waals surface area (Å²) in [6.07, 6.45) is 1.14. The van der Waals surface area contributed by atoms with Gasteiger partial charge in [0.1, 0.15) is 17.5 Å². The molecule has 2 N–H and O–H groups in total. The van der Waals surface area contributed by atoms with Gasteiger partial charge in [-0.25, -0.2) is 13.2 Å². The van der Waals surface area contributed by atoms with Crippen LogP contribution in [0.2, 0.25) is 0 Å². The van der Waals surface area contributed by atoms with E-state index in [0.717, 1.165) is 35.0 Å². The molecule has 3 aromatic rings. The molecule has 4 rings (SSSR count). The number of fused-ring (bicyclic) bond motifs is 1. The molecule has 1 aromatic heterocycles. The molecular weight excluding hydrogens is 339 g/mol. The number of aromatic amines is 1. The number of hydrogen-bond donors (Lipinski definition) is 2. The summed E-state index contributed by atoms with van der Waals surface area (Å²) in [5.41, 5.74) is 3.91. The zero-order valence-electron chi connectivity index (χ0n) is 14.2. The van der Waals surface area contributed by atoms with Crippen LogP contribution in [0.5, 0.6) is 0 Å². The summed E-state index contributed by atoms with van der Waals surface area (Å²) >= 11 is 0. The Morgan fingerprint density at radius 2 is 1.77 bits per heavy atom. The molecule has 6 heteroatoms. The molecule has 0 bridgehead atoms. The maximum atomic E-state index is 14.1. The minimum Gasteiger partial charge on any atom is -0.307 e. The van der Waals surface area contributed by atoms with E-state index in [1.54, 1.807) is 12.1 Å². The normalized spacial score (nSPS) is 19.4. The van der Waals surface area contributed by atoms with Crippen LogP contribution in [0.15, 0.2) is 42.5 Å². The van der Waals surface area contributed by atoms with Gasteiger partial charge in [0.05, 0.1) is 5.69 Å². The Kier molecular flexibility index (Phi) is 4.28. The Morgan fingerprint density at radius 1 is 1.04 bits per heavy atom. The van der Waals surface area contributed by atoms with E-state index in [9.17, 15) is 13.2 Å². The molecule has 0 spiro atoms. The second kappa shape index (κ2) is 6.61. The first-order valence-corrected chi connectivity index (χ1v) is 8.54. The molecular formula is C20H18F3N3. The molecule has 1 aliphatic heterocycles. The highest BCUT2D eigenvalue weighted by Gasteiger charge is 2.30. The van der Waals surface area contributed by atoms with Gasteiger partial charge >= 0.3 is 0 Å². The van der Waals surface area contributed by atoms with Gasteiger partial charge in [-0.2, -0.15) is 5.10 Å². The first-order valence-electron chi connectivity index (χ1n) is 8.54. The monoisotopic (exact) mass is 357 g/mol. The fraction of sp³-hybridized carbons (Fsp3) is 0.250. The van der Waals surface area contributed by atoms with Crippen molar-refractivity contribution >= 4 is 0 Å². The van der Waals surface area contributed by atoms with Gasteiger partial charge in [0.2, 0.25) is 0 Å². The SMILES string of the molecule is CC1Cc2[nH]nc(-c3ccc(F)cc3)c2C(Cc2ccc(F)cc2F)N1. The van der Waals surface area contributed by atoms with Crippen LogP contribution in [0, 0.1) is 17.5 Å². The number of nitrogens with one attached hydrogen (secondary N) is 2. The molecule has 2 aromatic carbocycles. The van der Waals surface area contributed by atoms with Gasteiger partial charge in [0.25, 0.3) is 0 Å². The van der Waals surface area contributed by atoms with Crippen LogP contribution in [0.4, 0.5) is 13.2 Å². The lowest BCUT2D eigenvalue weighted by Gasteiger charge is -2.30. The lowest BCUT2D eigenvalue weighted by atomic mass is 9.88. The first kappa shape index (κ1) is 16.8. The zero-order valence-corrected chi connectivity index (χ0v) is 14.2. The number of hydrogen-bond acceptors (Lipinski definition) is 2. The fourth-order valence-electron chi connectivity index (χ4n) is 3.61. The van der Waals surface area contributed by atoms with Crippen molar-refractivity contribution in [1.82, 2.24) is 15.5 Å². The maximum Gasteiger partial charge on any atom is 0.129 e. The zero-order chi connectivity index (χ0) is 18.3. The first-order chi connectivity index (χ1) is 12.5. The third-order valence-electron chi connectivity index (χ3n) is 4.78. The van der Waals surface area contributed by atoms with Crippen molar-refractivity contribution in [2.75, 3.05) is 0 Å². The predicted octanol–water partition coefficient (Wildman–Crippen LogP) is 4.31. The van der Waals surface area contributed by atoms with E-state index in [1.807, 2.05) is 0 Å². The minimum atomic E-state index is -0.591. The molecule has 0 fully saturated rings. The summed E-state index contributed by atoms with van der Waals surface area (Å²) in [7, 11) is 0. The molecule has 2 atom stereocenters. The van der Waals surface area contributed by atoms with E-state index < -0.39 is 11.6 Å². The van der Waals surface area contributed by atoms with Gasteiger partial charge in [-0.15, -0.1) is 0 Å². The Balaban J connectivity index is 1.74. The van der Waals surface area contributed by atoms with E-state index in [0.29, 0.717) is 12.0 Å². The van der Waals surface area contributed by atoms with Crippen molar-refractivity contribution in [3.05, 3.63) is 76.7 Å². The van der Waals surface area contributed by atoms with Crippen LogP contribution < -0.4 is 5.32 Å². The summed E-state index contributed by atoms with van der Waals surface area (Å²) in [5, 5.41) is 11.0. The molecule has 0 aliphatic carbocycles. The molecule has 0 saturated heterocycles. The van der Waals surface area contributed by atoms with Crippen LogP contribution in [0.25, 0.3) is 11.3 Å². The molecule has 0 amide bonds. The van der Waals surface area contributed by atoms with E-state index in [1.165, 1.54) is 24.3 Å². The van der Waals surface area contributed by atoms with Gasteiger partial charge in [-0.3, -0.25) is 5.10 Å². The molecule has 3 nitrogen and oxygen atoms in total. The Morgan fingerprint density at radius 3 is 2.50 bits per heavy atom. The third-order valence-corrected chi connectivity index (χ3v) is 4.78. The van der Waals surface area contributed by atoms with Crippen LogP contribution in [0.3, 0.4) is 0 Å². The molecule has 2 heterocycles.